The van der Waals surface area contributed by atoms with Gasteiger partial charge in [-0.25, -0.2) is 0 Å². The first kappa shape index (κ1) is 28.1. The molecule has 0 saturated heterocycles. The molecule has 0 bridgehead atoms. The Morgan fingerprint density at radius 3 is 2.31 bits per heavy atom. The van der Waals surface area contributed by atoms with Crippen molar-refractivity contribution in [2.75, 3.05) is 11.1 Å². The number of nitrogens with one attached hydrogen (secondary N) is 2. The molecule has 1 aromatic heterocycles. The van der Waals surface area contributed by atoms with E-state index < -0.39 is 0 Å². The topological polar surface area (TPSA) is 88.9 Å². The van der Waals surface area contributed by atoms with Gasteiger partial charge >= 0.3 is 0 Å². The van der Waals surface area contributed by atoms with Crippen LogP contribution in [0.5, 0.6) is 0 Å². The highest BCUT2D eigenvalue weighted by Gasteiger charge is 2.19. The maximum atomic E-state index is 12.9. The molecule has 0 aliphatic rings. The van der Waals surface area contributed by atoms with Crippen LogP contribution < -0.4 is 10.6 Å². The quantitative estimate of drug-likeness (QED) is 0.261. The number of anilines is 1. The number of carbonyl (C=O) groups excluding carboxylic acids is 2. The van der Waals surface area contributed by atoms with Crippen molar-refractivity contribution < 1.29 is 9.59 Å². The first-order valence-electron chi connectivity index (χ1n) is 12.9. The predicted molar refractivity (Wildman–Crippen MR) is 158 cm³/mol. The Morgan fingerprint density at radius 1 is 0.897 bits per heavy atom. The van der Waals surface area contributed by atoms with Crippen molar-refractivity contribution in [2.24, 2.45) is 0 Å². The molecule has 3 aromatic carbocycles. The van der Waals surface area contributed by atoms with E-state index in [2.05, 4.69) is 47.7 Å². The van der Waals surface area contributed by atoms with Gasteiger partial charge in [0.05, 0.1) is 18.0 Å². The van der Waals surface area contributed by atoms with Gasteiger partial charge in [-0.1, -0.05) is 68.9 Å². The monoisotopic (exact) mass is 541 g/mol. The number of rotatable bonds is 8. The summed E-state index contributed by atoms with van der Waals surface area (Å²) in [6.07, 6.45) is 0. The molecule has 0 saturated carbocycles. The molecule has 202 valence electrons. The van der Waals surface area contributed by atoms with Crippen LogP contribution in [0.4, 0.5) is 5.69 Å². The highest BCUT2D eigenvalue weighted by atomic mass is 32.2. The van der Waals surface area contributed by atoms with Crippen LogP contribution in [0, 0.1) is 20.8 Å². The van der Waals surface area contributed by atoms with E-state index in [9.17, 15) is 9.59 Å². The van der Waals surface area contributed by atoms with Gasteiger partial charge in [-0.05, 0) is 78.8 Å². The Kier molecular flexibility index (Phi) is 8.55. The summed E-state index contributed by atoms with van der Waals surface area (Å²) < 4.78 is 1.93. The number of hydrogen-bond donors (Lipinski definition) is 2. The zero-order valence-corrected chi connectivity index (χ0v) is 24.1. The van der Waals surface area contributed by atoms with E-state index in [1.165, 1.54) is 17.3 Å². The molecule has 0 radical (unpaired) electrons. The van der Waals surface area contributed by atoms with Crippen molar-refractivity contribution in [1.82, 2.24) is 20.1 Å². The van der Waals surface area contributed by atoms with Crippen molar-refractivity contribution in [1.29, 1.82) is 0 Å². The highest BCUT2D eigenvalue weighted by Crippen LogP contribution is 2.26. The van der Waals surface area contributed by atoms with E-state index in [0.29, 0.717) is 16.5 Å². The molecule has 2 amide bonds. The largest absolute Gasteiger partial charge is 0.345 e. The minimum absolute atomic E-state index is 0.0160. The molecule has 4 rings (SSSR count). The second kappa shape index (κ2) is 11.9. The Hall–Kier alpha value is -3.91. The molecule has 0 unspecified atom stereocenters. The van der Waals surface area contributed by atoms with Gasteiger partial charge in [0.15, 0.2) is 11.0 Å². The number of thioether (sulfide) groups is 1. The third kappa shape index (κ3) is 7.15. The summed E-state index contributed by atoms with van der Waals surface area (Å²) in [6.45, 7) is 12.7. The van der Waals surface area contributed by atoms with Crippen LogP contribution in [-0.2, 0) is 16.8 Å². The van der Waals surface area contributed by atoms with E-state index in [0.717, 1.165) is 28.1 Å². The van der Waals surface area contributed by atoms with Crippen LogP contribution in [0.25, 0.3) is 5.69 Å². The maximum absolute atomic E-state index is 12.9. The molecule has 1 heterocycles. The summed E-state index contributed by atoms with van der Waals surface area (Å²) in [5.74, 6) is 0.445. The average Bonchev–Trinajstić information content (AvgIpc) is 3.29. The fourth-order valence-corrected chi connectivity index (χ4v) is 4.91. The zero-order chi connectivity index (χ0) is 28.2. The van der Waals surface area contributed by atoms with Crippen molar-refractivity contribution in [3.05, 3.63) is 100 Å². The van der Waals surface area contributed by atoms with Crippen molar-refractivity contribution >= 4 is 29.3 Å². The van der Waals surface area contributed by atoms with Crippen LogP contribution in [-0.4, -0.2) is 32.3 Å². The summed E-state index contributed by atoms with van der Waals surface area (Å²) in [5.41, 5.74) is 6.65. The van der Waals surface area contributed by atoms with E-state index in [1.54, 1.807) is 0 Å². The van der Waals surface area contributed by atoms with E-state index in [4.69, 9.17) is 0 Å². The van der Waals surface area contributed by atoms with Gasteiger partial charge in [-0.15, -0.1) is 10.2 Å². The van der Waals surface area contributed by atoms with Gasteiger partial charge in [0.2, 0.25) is 5.91 Å². The van der Waals surface area contributed by atoms with Gasteiger partial charge in [0.1, 0.15) is 0 Å². The Bertz CT molecular complexity index is 1490. The van der Waals surface area contributed by atoms with Crippen molar-refractivity contribution in [3.8, 4) is 5.69 Å². The summed E-state index contributed by atoms with van der Waals surface area (Å²) in [7, 11) is 0. The second-order valence-corrected chi connectivity index (χ2v) is 11.7. The third-order valence-corrected chi connectivity index (χ3v) is 7.29. The molecule has 0 aliphatic heterocycles. The fraction of sp³-hybridized carbons (Fsp3) is 0.290. The highest BCUT2D eigenvalue weighted by molar-refractivity contribution is 7.99. The van der Waals surface area contributed by atoms with E-state index >= 15 is 0 Å². The van der Waals surface area contributed by atoms with Gasteiger partial charge < -0.3 is 10.6 Å². The van der Waals surface area contributed by atoms with Gasteiger partial charge in [0, 0.05) is 11.3 Å². The molecular formula is C31H35N5O2S. The summed E-state index contributed by atoms with van der Waals surface area (Å²) in [5, 5.41) is 15.3. The fourth-order valence-electron chi connectivity index (χ4n) is 4.14. The van der Waals surface area contributed by atoms with Gasteiger partial charge in [0.25, 0.3) is 5.91 Å². The standard InChI is InChI=1S/C31H35N5O2S/c1-20-8-7-9-25(16-20)33-28(37)19-39-30-35-34-27(36(30)26-17-21(2)10-11-22(26)3)18-32-29(38)23-12-14-24(15-13-23)31(4,5)6/h7-17H,18-19H2,1-6H3,(H,32,38)(H,33,37). The smallest absolute Gasteiger partial charge is 0.251 e. The first-order valence-corrected chi connectivity index (χ1v) is 13.9. The molecule has 0 aliphatic carbocycles. The number of nitrogens with zero attached hydrogens (tertiary/aromatic N) is 3. The number of aryl methyl sites for hydroxylation is 3. The normalized spacial score (nSPS) is 11.3. The molecule has 0 fully saturated rings. The summed E-state index contributed by atoms with van der Waals surface area (Å²) in [4.78, 5) is 25.6. The van der Waals surface area contributed by atoms with Crippen LogP contribution in [0.3, 0.4) is 0 Å². The number of carbonyl (C=O) groups is 2. The lowest BCUT2D eigenvalue weighted by molar-refractivity contribution is -0.113. The first-order chi connectivity index (χ1) is 18.5. The minimum Gasteiger partial charge on any atom is -0.345 e. The molecule has 8 heteroatoms. The third-order valence-electron chi connectivity index (χ3n) is 6.36. The van der Waals surface area contributed by atoms with Crippen molar-refractivity contribution in [3.63, 3.8) is 0 Å². The predicted octanol–water partition coefficient (Wildman–Crippen LogP) is 6.15. The number of aromatic nitrogens is 3. The number of amides is 2. The van der Waals surface area contributed by atoms with Crippen LogP contribution >= 0.6 is 11.8 Å². The lowest BCUT2D eigenvalue weighted by atomic mass is 9.87. The molecule has 7 nitrogen and oxygen atoms in total. The number of benzene rings is 3. The van der Waals surface area contributed by atoms with E-state index in [-0.39, 0.29) is 29.5 Å². The molecule has 0 atom stereocenters. The lowest BCUT2D eigenvalue weighted by Gasteiger charge is -2.19. The average molecular weight is 542 g/mol. The maximum Gasteiger partial charge on any atom is 0.251 e. The van der Waals surface area contributed by atoms with Gasteiger partial charge in [-0.3, -0.25) is 14.2 Å². The van der Waals surface area contributed by atoms with Crippen molar-refractivity contribution in [2.45, 2.75) is 58.7 Å². The molecular weight excluding hydrogens is 506 g/mol. The van der Waals surface area contributed by atoms with Crippen LogP contribution in [0.15, 0.2) is 71.9 Å². The zero-order valence-electron chi connectivity index (χ0n) is 23.3. The molecule has 39 heavy (non-hydrogen) atoms. The lowest BCUT2D eigenvalue weighted by Crippen LogP contribution is -2.25. The SMILES string of the molecule is Cc1cccc(NC(=O)CSc2nnc(CNC(=O)c3ccc(C(C)(C)C)cc3)n2-c2cc(C)ccc2C)c1. The van der Waals surface area contributed by atoms with E-state index in [1.807, 2.05) is 86.0 Å². The Labute approximate surface area is 234 Å². The molecule has 0 spiro atoms. The van der Waals surface area contributed by atoms with Gasteiger partial charge in [-0.2, -0.15) is 0 Å². The molecule has 2 N–H and O–H groups in total. The molecule has 4 aromatic rings. The second-order valence-electron chi connectivity index (χ2n) is 10.7. The minimum atomic E-state index is -0.183. The van der Waals surface area contributed by atoms with Crippen LogP contribution in [0.1, 0.15) is 59.2 Å². The Balaban J connectivity index is 1.53. The summed E-state index contributed by atoms with van der Waals surface area (Å²) >= 11 is 1.31. The Morgan fingerprint density at radius 2 is 1.62 bits per heavy atom. The summed E-state index contributed by atoms with van der Waals surface area (Å²) in [6, 6.07) is 21.5. The number of hydrogen-bond acceptors (Lipinski definition) is 5. The van der Waals surface area contributed by atoms with Crippen LogP contribution in [0.2, 0.25) is 0 Å².